The largest absolute Gasteiger partial charge is 0.479 e. The molecule has 1 atom stereocenters. The summed E-state index contributed by atoms with van der Waals surface area (Å²) < 4.78 is 20.0. The van der Waals surface area contributed by atoms with Gasteiger partial charge in [-0.05, 0) is 52.8 Å². The lowest BCUT2D eigenvalue weighted by Gasteiger charge is -2.38. The quantitative estimate of drug-likeness (QED) is 0.839. The molecule has 0 spiro atoms. The van der Waals surface area contributed by atoms with Crippen molar-refractivity contribution in [2.75, 3.05) is 6.54 Å². The van der Waals surface area contributed by atoms with Crippen molar-refractivity contribution < 1.29 is 23.8 Å². The molecule has 1 unspecified atom stereocenters. The summed E-state index contributed by atoms with van der Waals surface area (Å²) in [6, 6.07) is 3.98. The molecule has 5 nitrogen and oxygen atoms in total. The number of likely N-dealkylation sites (N-methyl/N-ethyl adjacent to an activating group) is 1. The van der Waals surface area contributed by atoms with Gasteiger partial charge in [-0.15, -0.1) is 0 Å². The van der Waals surface area contributed by atoms with E-state index in [1.165, 1.54) is 19.1 Å². The third-order valence-corrected chi connectivity index (χ3v) is 3.83. The van der Waals surface area contributed by atoms with Gasteiger partial charge in [0.2, 0.25) is 0 Å². The lowest BCUT2D eigenvalue weighted by atomic mass is 9.89. The van der Waals surface area contributed by atoms with Gasteiger partial charge in [0.05, 0.1) is 0 Å². The van der Waals surface area contributed by atoms with Gasteiger partial charge >= 0.3 is 12.1 Å². The van der Waals surface area contributed by atoms with Gasteiger partial charge in [0, 0.05) is 16.6 Å². The molecular weight excluding hydrogens is 369 g/mol. The Balaban J connectivity index is 3.44. The number of aliphatic carboxylic acids is 1. The molecule has 128 valence electrons. The summed E-state index contributed by atoms with van der Waals surface area (Å²) in [4.78, 5) is 25.3. The Morgan fingerprint density at radius 2 is 1.87 bits per heavy atom. The van der Waals surface area contributed by atoms with Crippen molar-refractivity contribution in [2.45, 2.75) is 45.8 Å². The van der Waals surface area contributed by atoms with Crippen LogP contribution in [0.15, 0.2) is 22.7 Å². The van der Waals surface area contributed by atoms with Crippen molar-refractivity contribution in [1.29, 1.82) is 0 Å². The van der Waals surface area contributed by atoms with E-state index < -0.39 is 29.0 Å². The normalized spacial score (nSPS) is 14.0. The van der Waals surface area contributed by atoms with Crippen LogP contribution in [-0.4, -0.2) is 34.2 Å². The van der Waals surface area contributed by atoms with Crippen molar-refractivity contribution in [3.05, 3.63) is 34.1 Å². The first-order chi connectivity index (χ1) is 10.4. The molecular formula is C16H21BrFNO4. The second-order valence-corrected chi connectivity index (χ2v) is 7.14. The highest BCUT2D eigenvalue weighted by atomic mass is 79.9. The summed E-state index contributed by atoms with van der Waals surface area (Å²) in [7, 11) is 0. The molecule has 0 aliphatic carbocycles. The van der Waals surface area contributed by atoms with Gasteiger partial charge in [-0.25, -0.2) is 14.0 Å². The molecule has 0 fully saturated rings. The van der Waals surface area contributed by atoms with Crippen molar-refractivity contribution >= 4 is 28.0 Å². The molecule has 0 saturated carbocycles. The zero-order valence-corrected chi connectivity index (χ0v) is 15.4. The molecule has 1 aromatic carbocycles. The molecule has 1 rings (SSSR count). The monoisotopic (exact) mass is 389 g/mol. The second kappa shape index (κ2) is 6.86. The third-order valence-electron chi connectivity index (χ3n) is 3.34. The molecule has 0 saturated heterocycles. The van der Waals surface area contributed by atoms with E-state index in [4.69, 9.17) is 4.74 Å². The summed E-state index contributed by atoms with van der Waals surface area (Å²) in [5.41, 5.74) is -2.81. The SMILES string of the molecule is CCN(C(=O)OC(C)(C)C)C(C)(C(=O)O)c1cc(Br)ccc1F. The minimum atomic E-state index is -1.90. The fourth-order valence-corrected chi connectivity index (χ4v) is 2.55. The molecule has 0 aromatic heterocycles. The van der Waals surface area contributed by atoms with Crippen molar-refractivity contribution in [1.82, 2.24) is 4.90 Å². The molecule has 1 aromatic rings. The summed E-state index contributed by atoms with van der Waals surface area (Å²) in [5, 5.41) is 9.72. The van der Waals surface area contributed by atoms with Crippen LogP contribution in [0, 0.1) is 5.82 Å². The molecule has 1 amide bonds. The minimum absolute atomic E-state index is 0.0453. The van der Waals surface area contributed by atoms with Crippen LogP contribution in [0.1, 0.15) is 40.2 Å². The number of carbonyl (C=O) groups is 2. The smallest absolute Gasteiger partial charge is 0.411 e. The number of benzene rings is 1. The Labute approximate surface area is 143 Å². The van der Waals surface area contributed by atoms with Crippen LogP contribution >= 0.6 is 15.9 Å². The number of halogens is 2. The Bertz CT molecular complexity index is 615. The number of amides is 1. The number of hydrogen-bond acceptors (Lipinski definition) is 3. The maximum absolute atomic E-state index is 14.3. The van der Waals surface area contributed by atoms with E-state index in [1.807, 2.05) is 0 Å². The van der Waals surface area contributed by atoms with E-state index in [0.29, 0.717) is 4.47 Å². The van der Waals surface area contributed by atoms with Crippen LogP contribution in [-0.2, 0) is 15.1 Å². The van der Waals surface area contributed by atoms with Gasteiger partial charge in [0.15, 0.2) is 5.54 Å². The predicted molar refractivity (Wildman–Crippen MR) is 87.7 cm³/mol. The molecule has 0 aliphatic rings. The molecule has 0 bridgehead atoms. The molecule has 0 aliphatic heterocycles. The molecule has 23 heavy (non-hydrogen) atoms. The molecule has 0 radical (unpaired) electrons. The lowest BCUT2D eigenvalue weighted by Crippen LogP contribution is -2.54. The van der Waals surface area contributed by atoms with E-state index >= 15 is 0 Å². The molecule has 7 heteroatoms. The number of carboxylic acids is 1. The number of rotatable bonds is 4. The zero-order valence-electron chi connectivity index (χ0n) is 13.8. The van der Waals surface area contributed by atoms with Crippen LogP contribution in [0.3, 0.4) is 0 Å². The third kappa shape index (κ3) is 4.22. The fraction of sp³-hybridized carbons (Fsp3) is 0.500. The first-order valence-corrected chi connectivity index (χ1v) is 7.92. The van der Waals surface area contributed by atoms with Gasteiger partial charge in [-0.1, -0.05) is 15.9 Å². The van der Waals surface area contributed by atoms with E-state index in [-0.39, 0.29) is 12.1 Å². The minimum Gasteiger partial charge on any atom is -0.479 e. The zero-order chi connectivity index (χ0) is 18.0. The summed E-state index contributed by atoms with van der Waals surface area (Å²) in [5.74, 6) is -2.05. The van der Waals surface area contributed by atoms with Gasteiger partial charge in [0.1, 0.15) is 11.4 Å². The average molecular weight is 390 g/mol. The van der Waals surface area contributed by atoms with E-state index in [0.717, 1.165) is 11.0 Å². The van der Waals surface area contributed by atoms with Gasteiger partial charge in [0.25, 0.3) is 0 Å². The number of carboxylic acid groups (broad SMARTS) is 1. The maximum Gasteiger partial charge on any atom is 0.411 e. The van der Waals surface area contributed by atoms with Crippen LogP contribution in [0.25, 0.3) is 0 Å². The Morgan fingerprint density at radius 3 is 2.30 bits per heavy atom. The Kier molecular flexibility index (Phi) is 5.79. The summed E-state index contributed by atoms with van der Waals surface area (Å²) >= 11 is 3.20. The fourth-order valence-electron chi connectivity index (χ4n) is 2.19. The molecule has 1 N–H and O–H groups in total. The number of ether oxygens (including phenoxy) is 1. The van der Waals surface area contributed by atoms with Crippen LogP contribution in [0.5, 0.6) is 0 Å². The number of nitrogens with zero attached hydrogens (tertiary/aromatic N) is 1. The van der Waals surface area contributed by atoms with Crippen molar-refractivity contribution in [3.63, 3.8) is 0 Å². The van der Waals surface area contributed by atoms with Gasteiger partial charge < -0.3 is 9.84 Å². The summed E-state index contributed by atoms with van der Waals surface area (Å²) in [6.45, 7) is 7.97. The van der Waals surface area contributed by atoms with E-state index in [2.05, 4.69) is 15.9 Å². The van der Waals surface area contributed by atoms with Gasteiger partial charge in [-0.2, -0.15) is 0 Å². The maximum atomic E-state index is 14.3. The Morgan fingerprint density at radius 1 is 1.30 bits per heavy atom. The molecule has 0 heterocycles. The Hall–Kier alpha value is -1.63. The van der Waals surface area contributed by atoms with E-state index in [9.17, 15) is 19.1 Å². The van der Waals surface area contributed by atoms with Crippen molar-refractivity contribution in [2.24, 2.45) is 0 Å². The van der Waals surface area contributed by atoms with Gasteiger partial charge in [-0.3, -0.25) is 4.90 Å². The number of hydrogen-bond donors (Lipinski definition) is 1. The topological polar surface area (TPSA) is 66.8 Å². The standard InChI is InChI=1S/C16H21BrFNO4/c1-6-19(14(22)23-15(2,3)4)16(5,13(20)21)11-9-10(17)7-8-12(11)18/h7-9H,6H2,1-5H3,(H,20,21). The average Bonchev–Trinajstić information content (AvgIpc) is 2.39. The highest BCUT2D eigenvalue weighted by Gasteiger charge is 2.46. The summed E-state index contributed by atoms with van der Waals surface area (Å²) in [6.07, 6.45) is -0.815. The highest BCUT2D eigenvalue weighted by molar-refractivity contribution is 9.10. The van der Waals surface area contributed by atoms with Crippen molar-refractivity contribution in [3.8, 4) is 0 Å². The van der Waals surface area contributed by atoms with Crippen LogP contribution < -0.4 is 0 Å². The second-order valence-electron chi connectivity index (χ2n) is 6.23. The lowest BCUT2D eigenvalue weighted by molar-refractivity contribution is -0.151. The number of carbonyl (C=O) groups excluding carboxylic acids is 1. The van der Waals surface area contributed by atoms with Crippen LogP contribution in [0.4, 0.5) is 9.18 Å². The first-order valence-electron chi connectivity index (χ1n) is 7.13. The first kappa shape index (κ1) is 19.4. The predicted octanol–water partition coefficient (Wildman–Crippen LogP) is 4.15. The van der Waals surface area contributed by atoms with Crippen LogP contribution in [0.2, 0.25) is 0 Å². The highest BCUT2D eigenvalue weighted by Crippen LogP contribution is 2.33. The van der Waals surface area contributed by atoms with E-state index in [1.54, 1.807) is 27.7 Å².